The van der Waals surface area contributed by atoms with Crippen LogP contribution in [-0.4, -0.2) is 80.4 Å². The van der Waals surface area contributed by atoms with Crippen LogP contribution in [0, 0.1) is 11.8 Å². The normalized spacial score (nSPS) is 13.2. The first-order chi connectivity index (χ1) is 29.0. The van der Waals surface area contributed by atoms with E-state index in [0.29, 0.717) is 29.7 Å². The van der Waals surface area contributed by atoms with Crippen LogP contribution in [-0.2, 0) is 22.4 Å². The van der Waals surface area contributed by atoms with E-state index < -0.39 is 55.9 Å². The predicted octanol–water partition coefficient (Wildman–Crippen LogP) is 7.60. The molecule has 2 N–H and O–H groups in total. The zero-order chi connectivity index (χ0) is 43.8. The molecule has 0 radical (unpaired) electrons. The molecule has 6 rings (SSSR count). The zero-order valence-electron chi connectivity index (χ0n) is 32.2. The van der Waals surface area contributed by atoms with Crippen molar-refractivity contribution in [2.24, 2.45) is 0 Å². The molecular weight excluding hydrogens is 847 g/mol. The molecule has 1 aromatic heterocycles. The number of anilines is 2. The highest BCUT2D eigenvalue weighted by Crippen LogP contribution is 2.37. The van der Waals surface area contributed by atoms with Crippen molar-refractivity contribution in [3.63, 3.8) is 0 Å². The van der Waals surface area contributed by atoms with Crippen LogP contribution in [0.15, 0.2) is 113 Å². The van der Waals surface area contributed by atoms with Crippen LogP contribution < -0.4 is 19.7 Å². The van der Waals surface area contributed by atoms with Gasteiger partial charge in [0.05, 0.1) is 22.6 Å². The molecule has 0 spiro atoms. The first kappa shape index (κ1) is 44.3. The highest BCUT2D eigenvalue weighted by atomic mass is 32.2. The first-order valence-corrected chi connectivity index (χ1v) is 21.0. The van der Waals surface area contributed by atoms with Gasteiger partial charge in [-0.15, -0.1) is 22.0 Å². The van der Waals surface area contributed by atoms with Gasteiger partial charge in [-0.05, 0) is 85.8 Å². The van der Waals surface area contributed by atoms with Gasteiger partial charge in [0.2, 0.25) is 0 Å². The van der Waals surface area contributed by atoms with Gasteiger partial charge < -0.3 is 19.9 Å². The monoisotopic (exact) mass is 882 g/mol. The lowest BCUT2D eigenvalue weighted by Gasteiger charge is -2.35. The van der Waals surface area contributed by atoms with Gasteiger partial charge in [0.15, 0.2) is 11.5 Å². The number of benzene rings is 4. The van der Waals surface area contributed by atoms with Crippen LogP contribution in [0.1, 0.15) is 50.0 Å². The summed E-state index contributed by atoms with van der Waals surface area (Å²) in [5.74, 6) is 4.88. The molecule has 4 aromatic carbocycles. The molecule has 61 heavy (non-hydrogen) atoms. The van der Waals surface area contributed by atoms with Crippen LogP contribution in [0.3, 0.4) is 0 Å². The van der Waals surface area contributed by atoms with Gasteiger partial charge in [-0.2, -0.15) is 26.3 Å². The maximum absolute atomic E-state index is 14.0. The van der Waals surface area contributed by atoms with E-state index in [-0.39, 0.29) is 55.4 Å². The molecule has 1 aliphatic heterocycles. The Hall–Kier alpha value is -6.26. The summed E-state index contributed by atoms with van der Waals surface area (Å²) in [5.41, 5.74) is -2.73. The minimum absolute atomic E-state index is 0.00729. The van der Waals surface area contributed by atoms with E-state index in [1.54, 1.807) is 33.9 Å². The number of nitrogens with one attached hydrogen (secondary N) is 2. The Morgan fingerprint density at radius 1 is 0.803 bits per heavy atom. The number of thioether (sulfide) groups is 1. The Labute approximate surface area is 351 Å². The van der Waals surface area contributed by atoms with Crippen LogP contribution >= 0.6 is 11.8 Å². The number of piperazine rings is 1. The summed E-state index contributed by atoms with van der Waals surface area (Å²) in [5, 5.41) is 10.5. The Morgan fingerprint density at radius 3 is 2.21 bits per heavy atom. The minimum Gasteiger partial charge on any atom is -0.494 e. The van der Waals surface area contributed by atoms with Crippen molar-refractivity contribution in [2.75, 3.05) is 55.3 Å². The smallest absolute Gasteiger partial charge is 0.418 e. The van der Waals surface area contributed by atoms with Crippen molar-refractivity contribution >= 4 is 45.1 Å². The SMILES string of the molecule is CCOc1cccc(C#Cc2cc(C(=O)N3CCN(c4ccc(C(=O)NS(=O)(=O)c5ccc(NCCSc6ccccc6)c(C(F)(F)F)c5)nn4)CC3)cc(C(F)(F)F)c2)c1. The van der Waals surface area contributed by atoms with E-state index in [0.717, 1.165) is 29.2 Å². The van der Waals surface area contributed by atoms with E-state index >= 15 is 0 Å². The molecule has 1 aliphatic rings. The molecule has 19 heteroatoms. The number of halogens is 6. The van der Waals surface area contributed by atoms with E-state index in [9.17, 15) is 44.3 Å². The summed E-state index contributed by atoms with van der Waals surface area (Å²) in [4.78, 5) is 29.6. The lowest BCUT2D eigenvalue weighted by Crippen LogP contribution is -2.49. The highest BCUT2D eigenvalue weighted by molar-refractivity contribution is 7.99. The molecular formula is C42H36F6N6O5S2. The van der Waals surface area contributed by atoms with E-state index in [1.165, 1.54) is 34.9 Å². The van der Waals surface area contributed by atoms with Gasteiger partial charge in [-0.1, -0.05) is 36.1 Å². The third-order valence-corrected chi connectivity index (χ3v) is 11.4. The van der Waals surface area contributed by atoms with Crippen molar-refractivity contribution in [3.8, 4) is 17.6 Å². The number of carbonyl (C=O) groups is 2. The molecule has 1 saturated heterocycles. The number of aromatic nitrogens is 2. The lowest BCUT2D eigenvalue weighted by molar-refractivity contribution is -0.138. The van der Waals surface area contributed by atoms with Crippen LogP contribution in [0.25, 0.3) is 0 Å². The number of carbonyl (C=O) groups excluding carboxylic acids is 2. The average molecular weight is 883 g/mol. The van der Waals surface area contributed by atoms with Crippen molar-refractivity contribution < 1.29 is 49.1 Å². The molecule has 0 aliphatic carbocycles. The standard InChI is InChI=1S/C42H36F6N6O5S2/c1-2-59-32-8-6-7-28(25-32)11-12-29-23-30(26-31(24-29)41(43,44)45)40(56)54-20-18-53(19-21-54)38-16-15-37(50-51-38)39(55)52-61(57,58)34-13-14-36(35(27-34)42(46,47)48)49-17-22-60-33-9-4-3-5-10-33/h3-10,13-16,23-27,49H,2,17-22H2,1H3,(H,52,55). The summed E-state index contributed by atoms with van der Waals surface area (Å²) in [7, 11) is -4.79. The zero-order valence-corrected chi connectivity index (χ0v) is 33.8. The first-order valence-electron chi connectivity index (χ1n) is 18.6. The molecule has 0 atom stereocenters. The molecule has 11 nitrogen and oxygen atoms in total. The summed E-state index contributed by atoms with van der Waals surface area (Å²) in [6, 6.07) is 23.9. The summed E-state index contributed by atoms with van der Waals surface area (Å²) in [6.45, 7) is 2.92. The Balaban J connectivity index is 1.07. The lowest BCUT2D eigenvalue weighted by atomic mass is 10.0. The molecule has 2 heterocycles. The van der Waals surface area contributed by atoms with E-state index in [4.69, 9.17) is 4.74 Å². The number of sulfonamides is 1. The van der Waals surface area contributed by atoms with Gasteiger partial charge in [-0.3, -0.25) is 9.59 Å². The Kier molecular flexibility index (Phi) is 13.8. The number of hydrogen-bond donors (Lipinski definition) is 2. The fraction of sp³-hybridized carbons (Fsp3) is 0.238. The predicted molar refractivity (Wildman–Crippen MR) is 217 cm³/mol. The topological polar surface area (TPSA) is 134 Å². The number of alkyl halides is 6. The maximum Gasteiger partial charge on any atom is 0.418 e. The van der Waals surface area contributed by atoms with Crippen molar-refractivity contribution in [3.05, 3.63) is 137 Å². The van der Waals surface area contributed by atoms with E-state index in [1.807, 2.05) is 37.3 Å². The fourth-order valence-electron chi connectivity index (χ4n) is 6.08. The minimum atomic E-state index is -4.92. The highest BCUT2D eigenvalue weighted by Gasteiger charge is 2.36. The van der Waals surface area contributed by atoms with Gasteiger partial charge in [0, 0.05) is 65.7 Å². The third kappa shape index (κ3) is 11.7. The third-order valence-electron chi connectivity index (χ3n) is 9.04. The van der Waals surface area contributed by atoms with Crippen molar-refractivity contribution in [1.82, 2.24) is 19.8 Å². The Morgan fingerprint density at radius 2 is 1.54 bits per heavy atom. The second-order valence-electron chi connectivity index (χ2n) is 13.3. The number of ether oxygens (including phenoxy) is 1. The molecule has 318 valence electrons. The molecule has 0 bridgehead atoms. The van der Waals surface area contributed by atoms with Crippen LogP contribution in [0.2, 0.25) is 0 Å². The number of amides is 2. The number of rotatable bonds is 12. The van der Waals surface area contributed by atoms with E-state index in [2.05, 4.69) is 27.4 Å². The van der Waals surface area contributed by atoms with Crippen molar-refractivity contribution in [1.29, 1.82) is 0 Å². The van der Waals surface area contributed by atoms with Crippen LogP contribution in [0.4, 0.5) is 37.8 Å². The Bertz CT molecular complexity index is 2540. The van der Waals surface area contributed by atoms with Gasteiger partial charge >= 0.3 is 12.4 Å². The molecule has 0 unspecified atom stereocenters. The van der Waals surface area contributed by atoms with Gasteiger partial charge in [0.1, 0.15) is 5.75 Å². The molecule has 0 saturated carbocycles. The largest absolute Gasteiger partial charge is 0.494 e. The maximum atomic E-state index is 14.0. The number of hydrogen-bond acceptors (Lipinski definition) is 10. The summed E-state index contributed by atoms with van der Waals surface area (Å²) < 4.78 is 117. The molecule has 2 amide bonds. The van der Waals surface area contributed by atoms with Crippen LogP contribution in [0.5, 0.6) is 5.75 Å². The molecule has 5 aromatic rings. The second kappa shape index (κ2) is 19.0. The van der Waals surface area contributed by atoms with Gasteiger partial charge in [-0.25, -0.2) is 13.1 Å². The summed E-state index contributed by atoms with van der Waals surface area (Å²) in [6.07, 6.45) is -9.66. The second-order valence-corrected chi connectivity index (χ2v) is 16.1. The van der Waals surface area contributed by atoms with Gasteiger partial charge in [0.25, 0.3) is 21.8 Å². The average Bonchev–Trinajstić information content (AvgIpc) is 3.24. The quantitative estimate of drug-likeness (QED) is 0.0559. The van der Waals surface area contributed by atoms with Crippen molar-refractivity contribution in [2.45, 2.75) is 29.1 Å². The summed E-state index contributed by atoms with van der Waals surface area (Å²) >= 11 is 1.43. The fourth-order valence-corrected chi connectivity index (χ4v) is 7.86. The molecule has 1 fully saturated rings. The number of nitrogens with zero attached hydrogens (tertiary/aromatic N) is 4.